The van der Waals surface area contributed by atoms with Gasteiger partial charge >= 0.3 is 0 Å². The molecule has 1 atom stereocenters. The molecule has 0 aromatic heterocycles. The van der Waals surface area contributed by atoms with E-state index in [9.17, 15) is 0 Å². The number of aliphatic imine (C=N–C) groups is 1. The van der Waals surface area contributed by atoms with E-state index in [1.54, 1.807) is 0 Å². The third-order valence-electron chi connectivity index (χ3n) is 4.65. The highest BCUT2D eigenvalue weighted by Crippen LogP contribution is 2.22. The second kappa shape index (κ2) is 12.9. The number of ether oxygens (including phenoxy) is 1. The van der Waals surface area contributed by atoms with Crippen LogP contribution in [0.3, 0.4) is 0 Å². The molecule has 1 aliphatic heterocycles. The Morgan fingerprint density at radius 1 is 1.22 bits per heavy atom. The minimum absolute atomic E-state index is 0. The predicted molar refractivity (Wildman–Crippen MR) is 129 cm³/mol. The van der Waals surface area contributed by atoms with E-state index in [0.717, 1.165) is 51.9 Å². The molecule has 0 bridgehead atoms. The Hall–Kier alpha value is -0.510. The summed E-state index contributed by atoms with van der Waals surface area (Å²) in [5, 5.41) is 6.94. The quantitative estimate of drug-likeness (QED) is 0.322. The van der Waals surface area contributed by atoms with Crippen LogP contribution in [-0.4, -0.2) is 67.8 Å². The maximum Gasteiger partial charge on any atom is 0.191 e. The van der Waals surface area contributed by atoms with Gasteiger partial charge in [0.25, 0.3) is 0 Å². The van der Waals surface area contributed by atoms with Crippen LogP contribution in [0.4, 0.5) is 0 Å². The van der Waals surface area contributed by atoms with Crippen LogP contribution in [0.5, 0.6) is 0 Å². The predicted octanol–water partition coefficient (Wildman–Crippen LogP) is 3.37. The van der Waals surface area contributed by atoms with Crippen LogP contribution in [0.1, 0.15) is 32.4 Å². The molecule has 154 valence electrons. The third-order valence-corrected chi connectivity index (χ3v) is 5.88. The molecule has 1 unspecified atom stereocenters. The summed E-state index contributed by atoms with van der Waals surface area (Å²) in [4.78, 5) is 7.30. The molecule has 1 fully saturated rings. The first-order valence-corrected chi connectivity index (χ1v) is 10.7. The van der Waals surface area contributed by atoms with Crippen molar-refractivity contribution in [2.24, 2.45) is 4.99 Å². The van der Waals surface area contributed by atoms with Crippen molar-refractivity contribution in [1.82, 2.24) is 15.5 Å². The lowest BCUT2D eigenvalue weighted by molar-refractivity contribution is 0.0170. The summed E-state index contributed by atoms with van der Waals surface area (Å²) in [6.45, 7) is 12.6. The molecule has 0 spiro atoms. The number of guanidine groups is 1. The van der Waals surface area contributed by atoms with Crippen LogP contribution in [-0.2, 0) is 4.74 Å². The lowest BCUT2D eigenvalue weighted by atomic mass is 10.0. The van der Waals surface area contributed by atoms with E-state index in [-0.39, 0.29) is 28.7 Å². The molecule has 0 aliphatic carbocycles. The number of nitrogens with zero attached hydrogens (tertiary/aromatic N) is 2. The van der Waals surface area contributed by atoms with E-state index in [1.807, 2.05) is 11.8 Å². The Morgan fingerprint density at radius 3 is 2.48 bits per heavy atom. The molecule has 1 aromatic carbocycles. The van der Waals surface area contributed by atoms with Crippen molar-refractivity contribution in [2.75, 3.05) is 52.2 Å². The van der Waals surface area contributed by atoms with Gasteiger partial charge in [0.05, 0.1) is 25.8 Å². The average Bonchev–Trinajstić information content (AvgIpc) is 2.68. The molecule has 1 heterocycles. The van der Waals surface area contributed by atoms with E-state index in [1.165, 1.54) is 5.56 Å². The number of rotatable bonds is 8. The van der Waals surface area contributed by atoms with Gasteiger partial charge in [-0.15, -0.1) is 24.0 Å². The summed E-state index contributed by atoms with van der Waals surface area (Å²) in [6, 6.07) is 11.0. The Balaban J connectivity index is 0.00000364. The number of nitrogens with one attached hydrogen (secondary N) is 2. The first-order valence-electron chi connectivity index (χ1n) is 9.50. The van der Waals surface area contributed by atoms with Gasteiger partial charge in [-0.1, -0.05) is 30.3 Å². The van der Waals surface area contributed by atoms with Crippen LogP contribution in [0.15, 0.2) is 35.3 Å². The van der Waals surface area contributed by atoms with Gasteiger partial charge in [0.2, 0.25) is 0 Å². The molecule has 1 saturated heterocycles. The third kappa shape index (κ3) is 8.58. The zero-order valence-electron chi connectivity index (χ0n) is 17.0. The summed E-state index contributed by atoms with van der Waals surface area (Å²) in [7, 11) is 0. The second-order valence-corrected chi connectivity index (χ2v) is 8.63. The molecule has 0 radical (unpaired) electrons. The van der Waals surface area contributed by atoms with E-state index in [2.05, 4.69) is 72.9 Å². The summed E-state index contributed by atoms with van der Waals surface area (Å²) in [5.74, 6) is 0.892. The molecule has 0 amide bonds. The van der Waals surface area contributed by atoms with Crippen LogP contribution < -0.4 is 10.6 Å². The molecule has 7 heteroatoms. The van der Waals surface area contributed by atoms with E-state index >= 15 is 0 Å². The van der Waals surface area contributed by atoms with Crippen molar-refractivity contribution in [3.63, 3.8) is 0 Å². The molecular formula is C20H35IN4OS. The highest BCUT2D eigenvalue weighted by Gasteiger charge is 2.23. The largest absolute Gasteiger partial charge is 0.379 e. The highest BCUT2D eigenvalue weighted by atomic mass is 127. The topological polar surface area (TPSA) is 48.9 Å². The Morgan fingerprint density at radius 2 is 1.89 bits per heavy atom. The number of hydrogen-bond donors (Lipinski definition) is 2. The van der Waals surface area contributed by atoms with E-state index < -0.39 is 0 Å². The average molecular weight is 506 g/mol. The summed E-state index contributed by atoms with van der Waals surface area (Å²) in [5.41, 5.74) is 1.34. The zero-order chi connectivity index (χ0) is 18.8. The molecule has 5 nitrogen and oxygen atoms in total. The van der Waals surface area contributed by atoms with Crippen molar-refractivity contribution in [3.05, 3.63) is 35.9 Å². The van der Waals surface area contributed by atoms with Gasteiger partial charge < -0.3 is 15.4 Å². The normalized spacial score (nSPS) is 17.1. The van der Waals surface area contributed by atoms with Crippen molar-refractivity contribution in [3.8, 4) is 0 Å². The fourth-order valence-electron chi connectivity index (χ4n) is 2.89. The van der Waals surface area contributed by atoms with Gasteiger partial charge in [0.15, 0.2) is 5.96 Å². The maximum atomic E-state index is 5.54. The molecule has 2 N–H and O–H groups in total. The van der Waals surface area contributed by atoms with Crippen molar-refractivity contribution < 1.29 is 4.74 Å². The van der Waals surface area contributed by atoms with Crippen LogP contribution in [0, 0.1) is 0 Å². The van der Waals surface area contributed by atoms with Crippen molar-refractivity contribution in [2.45, 2.75) is 31.6 Å². The number of morpholine rings is 1. The molecule has 27 heavy (non-hydrogen) atoms. The minimum atomic E-state index is 0. The lowest BCUT2D eigenvalue weighted by Crippen LogP contribution is -2.46. The fraction of sp³-hybridized carbons (Fsp3) is 0.650. The molecule has 1 aliphatic rings. The van der Waals surface area contributed by atoms with E-state index in [0.29, 0.717) is 6.04 Å². The number of thioether (sulfide) groups is 1. The number of hydrogen-bond acceptors (Lipinski definition) is 4. The monoisotopic (exact) mass is 506 g/mol. The summed E-state index contributed by atoms with van der Waals surface area (Å²) >= 11 is 1.85. The minimum Gasteiger partial charge on any atom is -0.379 e. The van der Waals surface area contributed by atoms with Crippen LogP contribution in [0.25, 0.3) is 0 Å². The zero-order valence-corrected chi connectivity index (χ0v) is 20.2. The Bertz CT molecular complexity index is 550. The first-order chi connectivity index (χ1) is 12.6. The van der Waals surface area contributed by atoms with Gasteiger partial charge in [0, 0.05) is 30.9 Å². The first kappa shape index (κ1) is 24.5. The SMILES string of the molecule is CCNC(=NCC(C)(C)SC)NCC(c1ccccc1)N1CCOCC1.I. The number of halogens is 1. The Labute approximate surface area is 186 Å². The van der Waals surface area contributed by atoms with Crippen molar-refractivity contribution >= 4 is 41.7 Å². The van der Waals surface area contributed by atoms with E-state index in [4.69, 9.17) is 9.73 Å². The van der Waals surface area contributed by atoms with Gasteiger partial charge in [-0.05, 0) is 32.6 Å². The standard InChI is InChI=1S/C20H34N4OS.HI/c1-5-21-19(23-16-20(2,3)26-4)22-15-18(17-9-7-6-8-10-17)24-11-13-25-14-12-24;/h6-10,18H,5,11-16H2,1-4H3,(H2,21,22,23);1H. The maximum absolute atomic E-state index is 5.54. The van der Waals surface area contributed by atoms with Gasteiger partial charge in [-0.25, -0.2) is 0 Å². The molecular weight excluding hydrogens is 471 g/mol. The second-order valence-electron chi connectivity index (χ2n) is 7.11. The fourth-order valence-corrected chi connectivity index (χ4v) is 3.08. The molecule has 2 rings (SSSR count). The van der Waals surface area contributed by atoms with Gasteiger partial charge in [0.1, 0.15) is 0 Å². The highest BCUT2D eigenvalue weighted by molar-refractivity contribution is 14.0. The summed E-state index contributed by atoms with van der Waals surface area (Å²) < 4.78 is 5.68. The lowest BCUT2D eigenvalue weighted by Gasteiger charge is -2.35. The molecule has 0 saturated carbocycles. The Kier molecular flexibility index (Phi) is 11.7. The smallest absolute Gasteiger partial charge is 0.191 e. The van der Waals surface area contributed by atoms with Gasteiger partial charge in [-0.3, -0.25) is 9.89 Å². The van der Waals surface area contributed by atoms with Crippen molar-refractivity contribution in [1.29, 1.82) is 0 Å². The van der Waals surface area contributed by atoms with Crippen LogP contribution >= 0.6 is 35.7 Å². The van der Waals surface area contributed by atoms with Gasteiger partial charge in [-0.2, -0.15) is 11.8 Å². The van der Waals surface area contributed by atoms with Crippen LogP contribution in [0.2, 0.25) is 0 Å². The number of benzene rings is 1. The molecule has 1 aromatic rings. The summed E-state index contributed by atoms with van der Waals surface area (Å²) in [6.07, 6.45) is 2.14.